The van der Waals surface area contributed by atoms with Gasteiger partial charge >= 0.3 is 17.9 Å². The number of rotatable bonds is 45. The van der Waals surface area contributed by atoms with Gasteiger partial charge in [-0.1, -0.05) is 229 Å². The molecular weight excluding hydrogens is 757 g/mol. The van der Waals surface area contributed by atoms with Crippen molar-refractivity contribution < 1.29 is 28.6 Å². The molecule has 0 amide bonds. The third-order valence-electron chi connectivity index (χ3n) is 10.7. The SMILES string of the molecule is CC/C=C\C/C=C\C/C=C\CCCCCCCCCCCC(=O)OCC(COC(=O)C/C=C\C/C=C\C/C=C\CC)OC(=O)CCCCCCCCCCCCCCCCC. The first-order valence-electron chi connectivity index (χ1n) is 25.4. The van der Waals surface area contributed by atoms with Crippen LogP contribution in [0.15, 0.2) is 72.9 Å². The van der Waals surface area contributed by atoms with Crippen molar-refractivity contribution in [3.63, 3.8) is 0 Å². The molecule has 1 unspecified atom stereocenters. The Kier molecular flexibility index (Phi) is 46.9. The minimum Gasteiger partial charge on any atom is -0.462 e. The quantitative estimate of drug-likeness (QED) is 0.0263. The highest BCUT2D eigenvalue weighted by Gasteiger charge is 2.19. The third kappa shape index (κ3) is 47.7. The average Bonchev–Trinajstić information content (AvgIpc) is 3.26. The molecule has 350 valence electrons. The molecule has 0 aromatic carbocycles. The average molecular weight is 851 g/mol. The summed E-state index contributed by atoms with van der Waals surface area (Å²) >= 11 is 0. The van der Waals surface area contributed by atoms with Gasteiger partial charge in [0.15, 0.2) is 6.10 Å². The molecule has 61 heavy (non-hydrogen) atoms. The van der Waals surface area contributed by atoms with Gasteiger partial charge in [-0.25, -0.2) is 0 Å². The van der Waals surface area contributed by atoms with Gasteiger partial charge in [0.1, 0.15) is 13.2 Å². The van der Waals surface area contributed by atoms with Crippen LogP contribution in [0.4, 0.5) is 0 Å². The van der Waals surface area contributed by atoms with Crippen LogP contribution < -0.4 is 0 Å². The first-order valence-corrected chi connectivity index (χ1v) is 25.4. The highest BCUT2D eigenvalue weighted by molar-refractivity contribution is 5.72. The van der Waals surface area contributed by atoms with Gasteiger partial charge in [-0.3, -0.25) is 14.4 Å². The maximum Gasteiger partial charge on any atom is 0.309 e. The predicted molar refractivity (Wildman–Crippen MR) is 261 cm³/mol. The molecule has 0 aliphatic heterocycles. The Morgan fingerprint density at radius 1 is 0.361 bits per heavy atom. The Balaban J connectivity index is 4.34. The van der Waals surface area contributed by atoms with Crippen LogP contribution in [0.3, 0.4) is 0 Å². The van der Waals surface area contributed by atoms with Crippen molar-refractivity contribution in [1.29, 1.82) is 0 Å². The summed E-state index contributed by atoms with van der Waals surface area (Å²) in [6.07, 6.45) is 62.1. The molecule has 0 aliphatic rings. The van der Waals surface area contributed by atoms with Crippen LogP contribution in [0.1, 0.15) is 239 Å². The summed E-state index contributed by atoms with van der Waals surface area (Å²) < 4.78 is 16.7. The highest BCUT2D eigenvalue weighted by Crippen LogP contribution is 2.15. The number of hydrogen-bond donors (Lipinski definition) is 0. The molecule has 0 spiro atoms. The summed E-state index contributed by atoms with van der Waals surface area (Å²) in [5.41, 5.74) is 0. The van der Waals surface area contributed by atoms with Crippen LogP contribution in [0.25, 0.3) is 0 Å². The van der Waals surface area contributed by atoms with E-state index in [0.717, 1.165) is 77.0 Å². The summed E-state index contributed by atoms with van der Waals surface area (Å²) in [6, 6.07) is 0. The molecule has 0 fully saturated rings. The van der Waals surface area contributed by atoms with Crippen molar-refractivity contribution in [2.75, 3.05) is 13.2 Å². The normalized spacial score (nSPS) is 12.6. The van der Waals surface area contributed by atoms with Crippen LogP contribution >= 0.6 is 0 Å². The second kappa shape index (κ2) is 49.5. The summed E-state index contributed by atoms with van der Waals surface area (Å²) in [4.78, 5) is 37.8. The maximum atomic E-state index is 12.8. The molecule has 0 radical (unpaired) electrons. The lowest BCUT2D eigenvalue weighted by Gasteiger charge is -2.18. The minimum absolute atomic E-state index is 0.104. The molecule has 0 heterocycles. The topological polar surface area (TPSA) is 78.9 Å². The molecule has 0 aromatic heterocycles. The lowest BCUT2D eigenvalue weighted by Crippen LogP contribution is -2.30. The largest absolute Gasteiger partial charge is 0.462 e. The number of unbranched alkanes of at least 4 members (excludes halogenated alkanes) is 23. The summed E-state index contributed by atoms with van der Waals surface area (Å²) in [7, 11) is 0. The molecule has 0 rings (SSSR count). The monoisotopic (exact) mass is 851 g/mol. The van der Waals surface area contributed by atoms with Gasteiger partial charge in [0.25, 0.3) is 0 Å². The maximum absolute atomic E-state index is 12.8. The second-order valence-electron chi connectivity index (χ2n) is 16.7. The molecule has 1 atom stereocenters. The number of ether oxygens (including phenoxy) is 3. The fourth-order valence-corrected chi connectivity index (χ4v) is 6.99. The van der Waals surface area contributed by atoms with Crippen molar-refractivity contribution in [2.24, 2.45) is 0 Å². The standard InChI is InChI=1S/C55H94O6/c1-4-7-10-13-16-19-21-23-25-26-27-28-30-31-33-36-39-42-45-48-54(57)60-51-52(50-59-53(56)47-44-41-38-35-18-15-12-9-6-3)61-55(58)49-46-43-40-37-34-32-29-24-22-20-17-14-11-8-5-2/h7,9-10,12,16,18-19,23,25,35,41,44,52H,4-6,8,11,13-15,17,20-22,24,26-34,36-40,42-43,45-51H2,1-3H3/b10-7-,12-9-,19-16-,25-23-,35-18-,44-41-. The number of esters is 3. The fourth-order valence-electron chi connectivity index (χ4n) is 6.99. The number of carbonyl (C=O) groups excluding carboxylic acids is 3. The second-order valence-corrected chi connectivity index (χ2v) is 16.7. The molecule has 0 saturated heterocycles. The van der Waals surface area contributed by atoms with Crippen LogP contribution in [0, 0.1) is 0 Å². The molecule has 6 nitrogen and oxygen atoms in total. The number of carbonyl (C=O) groups is 3. The van der Waals surface area contributed by atoms with Gasteiger partial charge in [0.2, 0.25) is 0 Å². The Morgan fingerprint density at radius 3 is 1.15 bits per heavy atom. The first kappa shape index (κ1) is 57.9. The molecular formula is C55H94O6. The van der Waals surface area contributed by atoms with Crippen molar-refractivity contribution in [1.82, 2.24) is 0 Å². The lowest BCUT2D eigenvalue weighted by atomic mass is 10.0. The number of hydrogen-bond acceptors (Lipinski definition) is 6. The summed E-state index contributed by atoms with van der Waals surface area (Å²) in [6.45, 7) is 6.32. The molecule has 0 saturated carbocycles. The highest BCUT2D eigenvalue weighted by atomic mass is 16.6. The van der Waals surface area contributed by atoms with E-state index < -0.39 is 12.1 Å². The minimum atomic E-state index is -0.809. The smallest absolute Gasteiger partial charge is 0.309 e. The van der Waals surface area contributed by atoms with Crippen LogP contribution in [0.5, 0.6) is 0 Å². The van der Waals surface area contributed by atoms with E-state index in [9.17, 15) is 14.4 Å². The zero-order valence-electron chi connectivity index (χ0n) is 39.9. The molecule has 6 heteroatoms. The van der Waals surface area contributed by atoms with Crippen molar-refractivity contribution in [2.45, 2.75) is 245 Å². The van der Waals surface area contributed by atoms with Gasteiger partial charge in [-0.2, -0.15) is 0 Å². The van der Waals surface area contributed by atoms with E-state index in [1.807, 2.05) is 6.08 Å². The molecule has 0 bridgehead atoms. The van der Waals surface area contributed by atoms with Gasteiger partial charge in [0.05, 0.1) is 6.42 Å². The summed E-state index contributed by atoms with van der Waals surface area (Å²) in [5.74, 6) is -1.03. The Hall–Kier alpha value is -3.15. The van der Waals surface area contributed by atoms with E-state index in [1.165, 1.54) is 122 Å². The van der Waals surface area contributed by atoms with E-state index >= 15 is 0 Å². The zero-order valence-corrected chi connectivity index (χ0v) is 39.9. The van der Waals surface area contributed by atoms with Crippen molar-refractivity contribution >= 4 is 17.9 Å². The Bertz CT molecular complexity index is 1160. The lowest BCUT2D eigenvalue weighted by molar-refractivity contribution is -0.166. The van der Waals surface area contributed by atoms with Crippen LogP contribution in [-0.2, 0) is 28.6 Å². The van der Waals surface area contributed by atoms with E-state index in [2.05, 4.69) is 81.5 Å². The van der Waals surface area contributed by atoms with E-state index in [1.54, 1.807) is 6.08 Å². The van der Waals surface area contributed by atoms with Gasteiger partial charge in [-0.05, 0) is 64.2 Å². The summed E-state index contributed by atoms with van der Waals surface area (Å²) in [5, 5.41) is 0. The third-order valence-corrected chi connectivity index (χ3v) is 10.7. The fraction of sp³-hybridized carbons (Fsp3) is 0.727. The van der Waals surface area contributed by atoms with Gasteiger partial charge < -0.3 is 14.2 Å². The molecule has 0 N–H and O–H groups in total. The predicted octanol–water partition coefficient (Wildman–Crippen LogP) is 16.6. The van der Waals surface area contributed by atoms with Crippen LogP contribution in [-0.4, -0.2) is 37.2 Å². The Labute approximate surface area is 376 Å². The number of allylic oxidation sites excluding steroid dienone is 11. The molecule has 0 aromatic rings. The Morgan fingerprint density at radius 2 is 0.705 bits per heavy atom. The van der Waals surface area contributed by atoms with Crippen LogP contribution in [0.2, 0.25) is 0 Å². The molecule has 0 aliphatic carbocycles. The van der Waals surface area contributed by atoms with Crippen molar-refractivity contribution in [3.05, 3.63) is 72.9 Å². The van der Waals surface area contributed by atoms with E-state index in [-0.39, 0.29) is 31.6 Å². The van der Waals surface area contributed by atoms with Gasteiger partial charge in [0, 0.05) is 12.8 Å². The zero-order chi connectivity index (χ0) is 44.4. The van der Waals surface area contributed by atoms with E-state index in [0.29, 0.717) is 12.8 Å². The van der Waals surface area contributed by atoms with Crippen molar-refractivity contribution in [3.8, 4) is 0 Å². The first-order chi connectivity index (χ1) is 30.0. The van der Waals surface area contributed by atoms with E-state index in [4.69, 9.17) is 14.2 Å². The van der Waals surface area contributed by atoms with Gasteiger partial charge in [-0.15, -0.1) is 0 Å².